The highest BCUT2D eigenvalue weighted by Gasteiger charge is 2.12. The Hall–Kier alpha value is -2.33. The van der Waals surface area contributed by atoms with Crippen LogP contribution in [0.4, 0.5) is 0 Å². The van der Waals surface area contributed by atoms with Gasteiger partial charge in [-0.2, -0.15) is 0 Å². The number of aryl methyl sites for hydroxylation is 3. The molecule has 1 heterocycles. The van der Waals surface area contributed by atoms with Gasteiger partial charge in [0.25, 0.3) is 0 Å². The summed E-state index contributed by atoms with van der Waals surface area (Å²) in [5.41, 5.74) is 10.4. The fourth-order valence-electron chi connectivity index (χ4n) is 3.10. The van der Waals surface area contributed by atoms with Gasteiger partial charge in [-0.05, 0) is 44.0 Å². The molecule has 1 aromatic heterocycles. The standard InChI is InChI=1S/C18H21N3O/c1-12-8-9-15-17(20-22)14-6-3-4-7-16(14)21(11-5-10-19)18(15)13(12)2/h3-4,6-9,22H,5,10-11,19H2,1-2H3/b20-17+. The van der Waals surface area contributed by atoms with Gasteiger partial charge in [-0.15, -0.1) is 0 Å². The summed E-state index contributed by atoms with van der Waals surface area (Å²) in [5.74, 6) is 0. The fourth-order valence-corrected chi connectivity index (χ4v) is 3.10. The maximum absolute atomic E-state index is 9.56. The molecule has 0 saturated heterocycles. The molecule has 0 aliphatic carbocycles. The smallest absolute Gasteiger partial charge is 0.121 e. The predicted octanol–water partition coefficient (Wildman–Crippen LogP) is 3.05. The second kappa shape index (κ2) is 5.81. The van der Waals surface area contributed by atoms with Crippen molar-refractivity contribution >= 4 is 21.8 Å². The number of para-hydroxylation sites is 1. The van der Waals surface area contributed by atoms with Crippen molar-refractivity contribution in [3.05, 3.63) is 52.9 Å². The van der Waals surface area contributed by atoms with Crippen LogP contribution in [0.3, 0.4) is 0 Å². The lowest BCUT2D eigenvalue weighted by Gasteiger charge is -2.18. The van der Waals surface area contributed by atoms with Gasteiger partial charge in [0.1, 0.15) is 5.36 Å². The van der Waals surface area contributed by atoms with Gasteiger partial charge in [0.2, 0.25) is 0 Å². The highest BCUT2D eigenvalue weighted by molar-refractivity contribution is 5.95. The van der Waals surface area contributed by atoms with Crippen molar-refractivity contribution < 1.29 is 5.21 Å². The van der Waals surface area contributed by atoms with Crippen LogP contribution in [0.15, 0.2) is 41.6 Å². The Morgan fingerprint density at radius 1 is 1.09 bits per heavy atom. The number of hydrogen-bond donors (Lipinski definition) is 2. The number of fused-ring (bicyclic) bond motifs is 2. The van der Waals surface area contributed by atoms with Crippen molar-refractivity contribution in [1.82, 2.24) is 4.57 Å². The van der Waals surface area contributed by atoms with Crippen LogP contribution < -0.4 is 11.1 Å². The van der Waals surface area contributed by atoms with E-state index in [9.17, 15) is 5.21 Å². The van der Waals surface area contributed by atoms with E-state index in [0.29, 0.717) is 11.9 Å². The molecule has 0 amide bonds. The molecule has 0 saturated carbocycles. The second-order valence-corrected chi connectivity index (χ2v) is 5.66. The van der Waals surface area contributed by atoms with Crippen LogP contribution in [0, 0.1) is 13.8 Å². The quantitative estimate of drug-likeness (QED) is 0.443. The molecular formula is C18H21N3O. The molecular weight excluding hydrogens is 274 g/mol. The van der Waals surface area contributed by atoms with Crippen molar-refractivity contribution in [2.75, 3.05) is 6.54 Å². The summed E-state index contributed by atoms with van der Waals surface area (Å²) in [4.78, 5) is 0. The first-order chi connectivity index (χ1) is 10.7. The van der Waals surface area contributed by atoms with Gasteiger partial charge >= 0.3 is 0 Å². The van der Waals surface area contributed by atoms with Crippen molar-refractivity contribution in [3.63, 3.8) is 0 Å². The lowest BCUT2D eigenvalue weighted by Crippen LogP contribution is -2.15. The molecule has 4 nitrogen and oxygen atoms in total. The van der Waals surface area contributed by atoms with E-state index in [-0.39, 0.29) is 0 Å². The van der Waals surface area contributed by atoms with Crippen LogP contribution in [0.5, 0.6) is 0 Å². The zero-order valence-electron chi connectivity index (χ0n) is 13.0. The van der Waals surface area contributed by atoms with E-state index < -0.39 is 0 Å². The van der Waals surface area contributed by atoms with Crippen LogP contribution >= 0.6 is 0 Å². The Morgan fingerprint density at radius 2 is 1.86 bits per heavy atom. The zero-order chi connectivity index (χ0) is 15.7. The SMILES string of the molecule is Cc1ccc2/c(=N/O)c3ccccc3n(CCCN)c2c1C. The van der Waals surface area contributed by atoms with Crippen molar-refractivity contribution in [2.45, 2.75) is 26.8 Å². The highest BCUT2D eigenvalue weighted by atomic mass is 16.4. The maximum atomic E-state index is 9.56. The van der Waals surface area contributed by atoms with Crippen LogP contribution in [0.2, 0.25) is 0 Å². The average Bonchev–Trinajstić information content (AvgIpc) is 2.55. The van der Waals surface area contributed by atoms with Crippen molar-refractivity contribution in [1.29, 1.82) is 0 Å². The van der Waals surface area contributed by atoms with Crippen LogP contribution in [0.1, 0.15) is 17.5 Å². The van der Waals surface area contributed by atoms with Crippen molar-refractivity contribution in [2.24, 2.45) is 10.9 Å². The van der Waals surface area contributed by atoms with E-state index in [4.69, 9.17) is 5.73 Å². The molecule has 0 aliphatic heterocycles. The first-order valence-electron chi connectivity index (χ1n) is 7.58. The number of pyridine rings is 1. The van der Waals surface area contributed by atoms with Crippen molar-refractivity contribution in [3.8, 4) is 0 Å². The number of nitrogens with zero attached hydrogens (tertiary/aromatic N) is 2. The molecule has 114 valence electrons. The van der Waals surface area contributed by atoms with E-state index in [1.807, 2.05) is 24.3 Å². The molecule has 0 radical (unpaired) electrons. The topological polar surface area (TPSA) is 63.5 Å². The summed E-state index contributed by atoms with van der Waals surface area (Å²) < 4.78 is 2.30. The van der Waals surface area contributed by atoms with Gasteiger partial charge in [0.15, 0.2) is 0 Å². The summed E-state index contributed by atoms with van der Waals surface area (Å²) in [6, 6.07) is 12.2. The highest BCUT2D eigenvalue weighted by Crippen LogP contribution is 2.24. The molecule has 0 unspecified atom stereocenters. The van der Waals surface area contributed by atoms with Gasteiger partial charge in [-0.1, -0.05) is 35.5 Å². The normalized spacial score (nSPS) is 12.4. The molecule has 4 heteroatoms. The number of hydrogen-bond acceptors (Lipinski definition) is 3. The van der Waals surface area contributed by atoms with E-state index in [1.165, 1.54) is 11.1 Å². The third-order valence-corrected chi connectivity index (χ3v) is 4.36. The predicted molar refractivity (Wildman–Crippen MR) is 89.9 cm³/mol. The summed E-state index contributed by atoms with van der Waals surface area (Å²) in [6.45, 7) is 5.73. The zero-order valence-corrected chi connectivity index (χ0v) is 13.0. The molecule has 3 aromatic rings. The molecule has 0 bridgehead atoms. The van der Waals surface area contributed by atoms with Gasteiger partial charge < -0.3 is 15.5 Å². The van der Waals surface area contributed by atoms with Gasteiger partial charge in [0, 0.05) is 17.3 Å². The Balaban J connectivity index is 2.58. The molecule has 2 aromatic carbocycles. The molecule has 3 N–H and O–H groups in total. The maximum Gasteiger partial charge on any atom is 0.121 e. The van der Waals surface area contributed by atoms with E-state index in [1.54, 1.807) is 0 Å². The number of rotatable bonds is 3. The minimum Gasteiger partial charge on any atom is -0.410 e. The van der Waals surface area contributed by atoms with E-state index in [0.717, 1.165) is 34.8 Å². The Bertz CT molecular complexity index is 909. The summed E-state index contributed by atoms with van der Waals surface area (Å²) in [5, 5.41) is 15.7. The summed E-state index contributed by atoms with van der Waals surface area (Å²) in [6.07, 6.45) is 0.909. The average molecular weight is 295 g/mol. The minimum atomic E-state index is 0.637. The second-order valence-electron chi connectivity index (χ2n) is 5.66. The number of benzene rings is 2. The lowest BCUT2D eigenvalue weighted by atomic mass is 10.0. The van der Waals surface area contributed by atoms with Gasteiger partial charge in [-0.3, -0.25) is 0 Å². The Labute approximate surface area is 129 Å². The number of aromatic nitrogens is 1. The molecule has 22 heavy (non-hydrogen) atoms. The lowest BCUT2D eigenvalue weighted by molar-refractivity contribution is 0.303. The first-order valence-corrected chi connectivity index (χ1v) is 7.58. The number of nitrogens with two attached hydrogens (primary N) is 1. The van der Waals surface area contributed by atoms with E-state index >= 15 is 0 Å². The molecule has 3 rings (SSSR count). The Morgan fingerprint density at radius 3 is 2.59 bits per heavy atom. The monoisotopic (exact) mass is 295 g/mol. The molecule has 0 aliphatic rings. The van der Waals surface area contributed by atoms with Gasteiger partial charge in [0.05, 0.1) is 11.0 Å². The van der Waals surface area contributed by atoms with Crippen LogP contribution in [-0.4, -0.2) is 16.3 Å². The Kier molecular flexibility index (Phi) is 3.86. The minimum absolute atomic E-state index is 0.637. The summed E-state index contributed by atoms with van der Waals surface area (Å²) in [7, 11) is 0. The van der Waals surface area contributed by atoms with Crippen LogP contribution in [-0.2, 0) is 6.54 Å². The molecule has 0 fully saturated rings. The van der Waals surface area contributed by atoms with Crippen LogP contribution in [0.25, 0.3) is 21.8 Å². The largest absolute Gasteiger partial charge is 0.410 e. The van der Waals surface area contributed by atoms with Gasteiger partial charge in [-0.25, -0.2) is 0 Å². The first kappa shape index (κ1) is 14.6. The third kappa shape index (κ3) is 2.16. The summed E-state index contributed by atoms with van der Waals surface area (Å²) >= 11 is 0. The molecule has 0 spiro atoms. The fraction of sp³-hybridized carbons (Fsp3) is 0.278. The molecule has 0 atom stereocenters. The third-order valence-electron chi connectivity index (χ3n) is 4.36. The van der Waals surface area contributed by atoms with E-state index in [2.05, 4.69) is 35.7 Å².